The molecule has 0 radical (unpaired) electrons. The molecular weight excluding hydrogens is 194 g/mol. The number of aliphatic hydroxyl groups excluding tert-OH is 1. The van der Waals surface area contributed by atoms with Gasteiger partial charge in [-0.05, 0) is 36.6 Å². The molecule has 0 aromatic heterocycles. The molecule has 0 aliphatic carbocycles. The summed E-state index contributed by atoms with van der Waals surface area (Å²) < 4.78 is 0. The number of aliphatic hydroxyl groups is 1. The van der Waals surface area contributed by atoms with Crippen molar-refractivity contribution in [3.63, 3.8) is 0 Å². The van der Waals surface area contributed by atoms with E-state index >= 15 is 0 Å². The standard InChI is InChI=1S/C11H15NO3/c1-6-3-8(10(13)5-12)4-9(7(6)2)11(14)15/h3-4,10,13H,5,12H2,1-2H3,(H,14,15). The minimum atomic E-state index is -0.985. The van der Waals surface area contributed by atoms with Gasteiger partial charge in [-0.2, -0.15) is 0 Å². The normalized spacial score (nSPS) is 12.5. The molecule has 1 aromatic rings. The minimum Gasteiger partial charge on any atom is -0.478 e. The maximum absolute atomic E-state index is 10.9. The summed E-state index contributed by atoms with van der Waals surface area (Å²) in [7, 11) is 0. The zero-order chi connectivity index (χ0) is 11.6. The van der Waals surface area contributed by atoms with Crippen molar-refractivity contribution in [1.82, 2.24) is 0 Å². The van der Waals surface area contributed by atoms with E-state index < -0.39 is 12.1 Å². The third-order valence-corrected chi connectivity index (χ3v) is 2.53. The molecule has 4 nitrogen and oxygen atoms in total. The summed E-state index contributed by atoms with van der Waals surface area (Å²) in [6.07, 6.45) is -0.803. The van der Waals surface area contributed by atoms with E-state index in [2.05, 4.69) is 0 Å². The number of aryl methyl sites for hydroxylation is 1. The third-order valence-electron chi connectivity index (χ3n) is 2.53. The van der Waals surface area contributed by atoms with Crippen LogP contribution >= 0.6 is 0 Å². The SMILES string of the molecule is Cc1cc(C(O)CN)cc(C(=O)O)c1C. The van der Waals surface area contributed by atoms with Gasteiger partial charge in [0.2, 0.25) is 0 Å². The van der Waals surface area contributed by atoms with Crippen LogP contribution in [0.5, 0.6) is 0 Å². The van der Waals surface area contributed by atoms with Crippen LogP contribution in [-0.4, -0.2) is 22.7 Å². The molecule has 0 saturated carbocycles. The molecule has 0 saturated heterocycles. The number of nitrogens with two attached hydrogens (primary N) is 1. The van der Waals surface area contributed by atoms with Crippen LogP contribution in [-0.2, 0) is 0 Å². The molecule has 82 valence electrons. The lowest BCUT2D eigenvalue weighted by Gasteiger charge is -2.12. The van der Waals surface area contributed by atoms with Crippen LogP contribution < -0.4 is 5.73 Å². The smallest absolute Gasteiger partial charge is 0.335 e. The Morgan fingerprint density at radius 2 is 2.07 bits per heavy atom. The van der Waals surface area contributed by atoms with Crippen LogP contribution in [0.2, 0.25) is 0 Å². The number of rotatable bonds is 3. The molecule has 0 bridgehead atoms. The van der Waals surface area contributed by atoms with Gasteiger partial charge in [0.15, 0.2) is 0 Å². The average Bonchev–Trinajstić information content (AvgIpc) is 2.20. The number of carboxylic acids is 1. The molecule has 4 N–H and O–H groups in total. The fourth-order valence-electron chi connectivity index (χ4n) is 1.44. The lowest BCUT2D eigenvalue weighted by molar-refractivity contribution is 0.0695. The highest BCUT2D eigenvalue weighted by Gasteiger charge is 2.14. The van der Waals surface area contributed by atoms with Crippen LogP contribution in [0.3, 0.4) is 0 Å². The van der Waals surface area contributed by atoms with Gasteiger partial charge >= 0.3 is 5.97 Å². The van der Waals surface area contributed by atoms with E-state index in [-0.39, 0.29) is 12.1 Å². The Bertz CT molecular complexity index is 388. The van der Waals surface area contributed by atoms with Crippen molar-refractivity contribution < 1.29 is 15.0 Å². The van der Waals surface area contributed by atoms with Gasteiger partial charge in [0.05, 0.1) is 11.7 Å². The summed E-state index contributed by atoms with van der Waals surface area (Å²) in [5.41, 5.74) is 7.66. The molecule has 4 heteroatoms. The van der Waals surface area contributed by atoms with Crippen LogP contribution in [0.25, 0.3) is 0 Å². The number of carbonyl (C=O) groups is 1. The predicted molar refractivity (Wildman–Crippen MR) is 56.9 cm³/mol. The molecule has 0 fully saturated rings. The van der Waals surface area contributed by atoms with Crippen LogP contribution in [0.1, 0.15) is 33.2 Å². The van der Waals surface area contributed by atoms with Crippen molar-refractivity contribution in [1.29, 1.82) is 0 Å². The first kappa shape index (κ1) is 11.7. The quantitative estimate of drug-likeness (QED) is 0.693. The van der Waals surface area contributed by atoms with E-state index in [4.69, 9.17) is 10.8 Å². The van der Waals surface area contributed by atoms with Crippen molar-refractivity contribution in [3.8, 4) is 0 Å². The van der Waals surface area contributed by atoms with E-state index in [1.807, 2.05) is 6.92 Å². The Labute approximate surface area is 88.3 Å². The van der Waals surface area contributed by atoms with Gasteiger partial charge in [0.1, 0.15) is 0 Å². The molecule has 0 amide bonds. The van der Waals surface area contributed by atoms with Gasteiger partial charge in [0, 0.05) is 6.54 Å². The minimum absolute atomic E-state index is 0.0849. The summed E-state index contributed by atoms with van der Waals surface area (Å²) in [4.78, 5) is 10.9. The van der Waals surface area contributed by atoms with E-state index in [0.717, 1.165) is 11.1 Å². The number of hydrogen-bond acceptors (Lipinski definition) is 3. The first-order chi connectivity index (χ1) is 6.97. The first-order valence-corrected chi connectivity index (χ1v) is 4.70. The number of carboxylic acid groups (broad SMARTS) is 1. The van der Waals surface area contributed by atoms with Gasteiger partial charge in [0.25, 0.3) is 0 Å². The largest absolute Gasteiger partial charge is 0.478 e. The molecule has 0 heterocycles. The second-order valence-corrected chi connectivity index (χ2v) is 3.57. The van der Waals surface area contributed by atoms with Gasteiger partial charge < -0.3 is 15.9 Å². The summed E-state index contributed by atoms with van der Waals surface area (Å²) in [5, 5.41) is 18.5. The Morgan fingerprint density at radius 3 is 2.53 bits per heavy atom. The highest BCUT2D eigenvalue weighted by molar-refractivity contribution is 5.90. The van der Waals surface area contributed by atoms with Crippen molar-refractivity contribution in [2.45, 2.75) is 20.0 Å². The topological polar surface area (TPSA) is 83.5 Å². The summed E-state index contributed by atoms with van der Waals surface area (Å²) in [6, 6.07) is 3.24. The van der Waals surface area contributed by atoms with Crippen molar-refractivity contribution >= 4 is 5.97 Å². The van der Waals surface area contributed by atoms with Crippen molar-refractivity contribution in [3.05, 3.63) is 34.4 Å². The van der Waals surface area contributed by atoms with Crippen molar-refractivity contribution in [2.75, 3.05) is 6.54 Å². The maximum atomic E-state index is 10.9. The number of hydrogen-bond donors (Lipinski definition) is 3. The first-order valence-electron chi connectivity index (χ1n) is 4.70. The van der Waals surface area contributed by atoms with Gasteiger partial charge in [-0.3, -0.25) is 0 Å². The summed E-state index contributed by atoms with van der Waals surface area (Å²) in [5.74, 6) is -0.985. The summed E-state index contributed by atoms with van der Waals surface area (Å²) in [6.45, 7) is 3.65. The molecule has 0 spiro atoms. The predicted octanol–water partition coefficient (Wildman–Crippen LogP) is 0.994. The van der Waals surface area contributed by atoms with Gasteiger partial charge in [-0.25, -0.2) is 4.79 Å². The highest BCUT2D eigenvalue weighted by Crippen LogP contribution is 2.20. The van der Waals surface area contributed by atoms with E-state index in [0.29, 0.717) is 5.56 Å². The molecule has 0 aliphatic rings. The van der Waals surface area contributed by atoms with Gasteiger partial charge in [-0.15, -0.1) is 0 Å². The number of aromatic carboxylic acids is 1. The molecule has 1 aromatic carbocycles. The third kappa shape index (κ3) is 2.34. The van der Waals surface area contributed by atoms with E-state index in [9.17, 15) is 9.90 Å². The Morgan fingerprint density at radius 1 is 1.47 bits per heavy atom. The average molecular weight is 209 g/mol. The van der Waals surface area contributed by atoms with E-state index in [1.165, 1.54) is 6.07 Å². The Kier molecular flexibility index (Phi) is 3.44. The Balaban J connectivity index is 3.29. The monoisotopic (exact) mass is 209 g/mol. The van der Waals surface area contributed by atoms with Crippen LogP contribution in [0.15, 0.2) is 12.1 Å². The fourth-order valence-corrected chi connectivity index (χ4v) is 1.44. The van der Waals surface area contributed by atoms with Crippen LogP contribution in [0.4, 0.5) is 0 Å². The lowest BCUT2D eigenvalue weighted by atomic mass is 9.97. The molecule has 0 aliphatic heterocycles. The summed E-state index contributed by atoms with van der Waals surface area (Å²) >= 11 is 0. The molecule has 15 heavy (non-hydrogen) atoms. The zero-order valence-corrected chi connectivity index (χ0v) is 8.82. The van der Waals surface area contributed by atoms with E-state index in [1.54, 1.807) is 13.0 Å². The van der Waals surface area contributed by atoms with Crippen molar-refractivity contribution in [2.24, 2.45) is 5.73 Å². The lowest BCUT2D eigenvalue weighted by Crippen LogP contribution is -2.13. The zero-order valence-electron chi connectivity index (χ0n) is 8.82. The van der Waals surface area contributed by atoms with Crippen LogP contribution in [0, 0.1) is 13.8 Å². The highest BCUT2D eigenvalue weighted by atomic mass is 16.4. The fraction of sp³-hybridized carbons (Fsp3) is 0.364. The molecule has 1 atom stereocenters. The number of benzene rings is 1. The Hall–Kier alpha value is -1.39. The second-order valence-electron chi connectivity index (χ2n) is 3.57. The molecule has 1 unspecified atom stereocenters. The molecule has 1 rings (SSSR count). The molecular formula is C11H15NO3. The van der Waals surface area contributed by atoms with Gasteiger partial charge in [-0.1, -0.05) is 6.07 Å². The second kappa shape index (κ2) is 4.42. The maximum Gasteiger partial charge on any atom is 0.335 e.